The Hall–Kier alpha value is -2.37. The van der Waals surface area contributed by atoms with E-state index in [9.17, 15) is 4.79 Å². The fraction of sp³-hybridized carbons (Fsp3) is 0.308. The number of hydrogen-bond donors (Lipinski definition) is 2. The summed E-state index contributed by atoms with van der Waals surface area (Å²) < 4.78 is 4.63. The van der Waals surface area contributed by atoms with Gasteiger partial charge in [-0.25, -0.2) is 0 Å². The molecule has 0 aliphatic carbocycles. The normalized spacial score (nSPS) is 16.7. The summed E-state index contributed by atoms with van der Waals surface area (Å²) in [7, 11) is 0. The molecule has 1 aliphatic rings. The molecule has 6 nitrogen and oxygen atoms in total. The minimum Gasteiger partial charge on any atom is -0.384 e. The van der Waals surface area contributed by atoms with Crippen molar-refractivity contribution in [2.45, 2.75) is 12.3 Å². The maximum absolute atomic E-state index is 12.1. The number of rotatable bonds is 4. The van der Waals surface area contributed by atoms with Crippen LogP contribution < -0.4 is 10.6 Å². The Morgan fingerprint density at radius 3 is 3.21 bits per heavy atom. The summed E-state index contributed by atoms with van der Waals surface area (Å²) >= 11 is 0. The zero-order valence-corrected chi connectivity index (χ0v) is 10.3. The topological polar surface area (TPSA) is 80.1 Å². The van der Waals surface area contributed by atoms with E-state index >= 15 is 0 Å². The molecule has 2 aromatic rings. The van der Waals surface area contributed by atoms with Crippen molar-refractivity contribution in [3.8, 4) is 0 Å². The molecular weight excluding hydrogens is 244 g/mol. The zero-order valence-electron chi connectivity index (χ0n) is 10.3. The summed E-state index contributed by atoms with van der Waals surface area (Å²) in [5.74, 6) is 0.507. The lowest BCUT2D eigenvalue weighted by molar-refractivity contribution is -0.122. The third-order valence-electron chi connectivity index (χ3n) is 3.20. The highest BCUT2D eigenvalue weighted by Gasteiger charge is 2.27. The van der Waals surface area contributed by atoms with Crippen molar-refractivity contribution in [2.75, 3.05) is 18.4 Å². The first-order valence-electron chi connectivity index (χ1n) is 6.20. The van der Waals surface area contributed by atoms with Crippen LogP contribution >= 0.6 is 0 Å². The quantitative estimate of drug-likeness (QED) is 0.853. The molecule has 2 N–H and O–H groups in total. The summed E-state index contributed by atoms with van der Waals surface area (Å²) in [6, 6.07) is 7.88. The van der Waals surface area contributed by atoms with E-state index in [1.807, 2.05) is 24.3 Å². The number of fused-ring (bicyclic) bond motifs is 1. The minimum atomic E-state index is -0.124. The van der Waals surface area contributed by atoms with Crippen molar-refractivity contribution in [2.24, 2.45) is 0 Å². The number of benzene rings is 1. The Bertz CT molecular complexity index is 568. The van der Waals surface area contributed by atoms with Gasteiger partial charge in [0, 0.05) is 25.2 Å². The van der Waals surface area contributed by atoms with Crippen LogP contribution in [0.1, 0.15) is 17.3 Å². The van der Waals surface area contributed by atoms with E-state index in [4.69, 9.17) is 0 Å². The number of carbonyl (C=O) groups excluding carboxylic acids is 1. The van der Waals surface area contributed by atoms with Gasteiger partial charge in [-0.1, -0.05) is 23.4 Å². The van der Waals surface area contributed by atoms with Gasteiger partial charge in [-0.3, -0.25) is 4.79 Å². The smallest absolute Gasteiger partial charge is 0.229 e. The number of hydrogen-bond acceptors (Lipinski definition) is 5. The van der Waals surface area contributed by atoms with Gasteiger partial charge in [0.2, 0.25) is 12.3 Å². The van der Waals surface area contributed by atoms with Gasteiger partial charge in [0.25, 0.3) is 0 Å². The average molecular weight is 258 g/mol. The number of carbonyl (C=O) groups is 1. The molecule has 1 aromatic heterocycles. The molecule has 3 rings (SSSR count). The lowest BCUT2D eigenvalue weighted by Crippen LogP contribution is -2.32. The summed E-state index contributed by atoms with van der Waals surface area (Å²) in [4.78, 5) is 16.0. The number of para-hydroxylation sites is 1. The molecule has 6 heteroatoms. The van der Waals surface area contributed by atoms with Gasteiger partial charge in [0.15, 0.2) is 5.82 Å². The van der Waals surface area contributed by atoms with E-state index in [1.165, 1.54) is 6.39 Å². The van der Waals surface area contributed by atoms with Gasteiger partial charge >= 0.3 is 0 Å². The molecule has 1 aliphatic heterocycles. The fourth-order valence-corrected chi connectivity index (χ4v) is 2.24. The maximum Gasteiger partial charge on any atom is 0.229 e. The largest absolute Gasteiger partial charge is 0.384 e. The van der Waals surface area contributed by atoms with Gasteiger partial charge in [-0.05, 0) is 11.6 Å². The SMILES string of the molecule is O=C(NCCc1ncon1)C1CNc2ccccc21. The molecule has 0 fully saturated rings. The Morgan fingerprint density at radius 1 is 1.47 bits per heavy atom. The van der Waals surface area contributed by atoms with Crippen LogP contribution in [0.3, 0.4) is 0 Å². The van der Waals surface area contributed by atoms with Crippen LogP contribution in [0.4, 0.5) is 5.69 Å². The molecule has 0 radical (unpaired) electrons. The highest BCUT2D eigenvalue weighted by Crippen LogP contribution is 2.30. The molecule has 0 saturated carbocycles. The number of anilines is 1. The van der Waals surface area contributed by atoms with Crippen LogP contribution in [-0.2, 0) is 11.2 Å². The molecule has 1 amide bonds. The number of amides is 1. The van der Waals surface area contributed by atoms with Crippen LogP contribution in [0, 0.1) is 0 Å². The second-order valence-electron chi connectivity index (χ2n) is 4.41. The first kappa shape index (κ1) is 11.7. The predicted octanol–water partition coefficient (Wildman–Crippen LogP) is 0.938. The van der Waals surface area contributed by atoms with Crippen LogP contribution in [0.25, 0.3) is 0 Å². The van der Waals surface area contributed by atoms with E-state index in [0.717, 1.165) is 11.3 Å². The first-order chi connectivity index (χ1) is 9.34. The van der Waals surface area contributed by atoms with E-state index < -0.39 is 0 Å². The molecule has 1 aromatic carbocycles. The van der Waals surface area contributed by atoms with Crippen LogP contribution in [0.5, 0.6) is 0 Å². The monoisotopic (exact) mass is 258 g/mol. The number of nitrogens with zero attached hydrogens (tertiary/aromatic N) is 2. The summed E-state index contributed by atoms with van der Waals surface area (Å²) in [6.07, 6.45) is 1.86. The van der Waals surface area contributed by atoms with Crippen molar-refractivity contribution in [3.63, 3.8) is 0 Å². The molecule has 0 saturated heterocycles. The predicted molar refractivity (Wildman–Crippen MR) is 68.7 cm³/mol. The van der Waals surface area contributed by atoms with E-state index in [2.05, 4.69) is 25.3 Å². The molecule has 1 unspecified atom stereocenters. The fourth-order valence-electron chi connectivity index (χ4n) is 2.24. The Balaban J connectivity index is 1.57. The molecule has 2 heterocycles. The molecule has 98 valence electrons. The van der Waals surface area contributed by atoms with Gasteiger partial charge in [0.1, 0.15) is 0 Å². The molecule has 19 heavy (non-hydrogen) atoms. The summed E-state index contributed by atoms with van der Waals surface area (Å²) in [5, 5.41) is 9.83. The second-order valence-corrected chi connectivity index (χ2v) is 4.41. The standard InChI is InChI=1S/C13H14N4O2/c18-13(14-6-5-12-16-8-19-17-12)10-7-15-11-4-2-1-3-9(10)11/h1-4,8,10,15H,5-7H2,(H,14,18). The Morgan fingerprint density at radius 2 is 2.37 bits per heavy atom. The van der Waals surface area contributed by atoms with Crippen LogP contribution in [0.2, 0.25) is 0 Å². The minimum absolute atomic E-state index is 0.0287. The Kier molecular flexibility index (Phi) is 3.14. The highest BCUT2D eigenvalue weighted by atomic mass is 16.5. The van der Waals surface area contributed by atoms with Crippen molar-refractivity contribution >= 4 is 11.6 Å². The van der Waals surface area contributed by atoms with Gasteiger partial charge < -0.3 is 15.2 Å². The lowest BCUT2D eigenvalue weighted by atomic mass is 10.0. The molecule has 0 spiro atoms. The summed E-state index contributed by atoms with van der Waals surface area (Å²) in [6.45, 7) is 1.16. The second kappa shape index (κ2) is 5.09. The van der Waals surface area contributed by atoms with Crippen LogP contribution in [-0.4, -0.2) is 29.1 Å². The first-order valence-corrected chi connectivity index (χ1v) is 6.20. The van der Waals surface area contributed by atoms with Crippen molar-refractivity contribution in [3.05, 3.63) is 42.0 Å². The van der Waals surface area contributed by atoms with Gasteiger partial charge in [0.05, 0.1) is 5.92 Å². The molecule has 0 bridgehead atoms. The third-order valence-corrected chi connectivity index (χ3v) is 3.20. The van der Waals surface area contributed by atoms with Crippen molar-refractivity contribution in [1.82, 2.24) is 15.5 Å². The zero-order chi connectivity index (χ0) is 13.1. The highest BCUT2D eigenvalue weighted by molar-refractivity contribution is 5.88. The maximum atomic E-state index is 12.1. The van der Waals surface area contributed by atoms with Crippen molar-refractivity contribution < 1.29 is 9.32 Å². The third kappa shape index (κ3) is 2.42. The lowest BCUT2D eigenvalue weighted by Gasteiger charge is -2.10. The Labute approximate surface area is 110 Å². The average Bonchev–Trinajstić information content (AvgIpc) is 3.07. The summed E-state index contributed by atoms with van der Waals surface area (Å²) in [5.41, 5.74) is 2.10. The number of nitrogens with one attached hydrogen (secondary N) is 2. The number of aromatic nitrogens is 2. The van der Waals surface area contributed by atoms with Crippen LogP contribution in [0.15, 0.2) is 35.2 Å². The van der Waals surface area contributed by atoms with Gasteiger partial charge in [-0.2, -0.15) is 4.98 Å². The molecule has 1 atom stereocenters. The van der Waals surface area contributed by atoms with E-state index in [-0.39, 0.29) is 11.8 Å². The van der Waals surface area contributed by atoms with E-state index in [0.29, 0.717) is 25.3 Å². The van der Waals surface area contributed by atoms with Gasteiger partial charge in [-0.15, -0.1) is 0 Å². The van der Waals surface area contributed by atoms with Crippen molar-refractivity contribution in [1.29, 1.82) is 0 Å². The molecular formula is C13H14N4O2. The van der Waals surface area contributed by atoms with E-state index in [1.54, 1.807) is 0 Å².